The highest BCUT2D eigenvalue weighted by Crippen LogP contribution is 2.26. The largest absolute Gasteiger partial charge is 0.417 e. The number of ether oxygens (including phenoxy) is 4. The van der Waals surface area contributed by atoms with E-state index in [-0.39, 0.29) is 18.2 Å². The van der Waals surface area contributed by atoms with E-state index >= 15 is 0 Å². The van der Waals surface area contributed by atoms with Gasteiger partial charge < -0.3 is 24.3 Å². The first-order chi connectivity index (χ1) is 9.47. The van der Waals surface area contributed by atoms with Crippen molar-refractivity contribution in [2.24, 2.45) is 0 Å². The Morgan fingerprint density at radius 3 is 2.50 bits per heavy atom. The Bertz CT molecular complexity index is 297. The smallest absolute Gasteiger partial charge is 0.409 e. The van der Waals surface area contributed by atoms with Crippen molar-refractivity contribution in [1.82, 2.24) is 5.32 Å². The summed E-state index contributed by atoms with van der Waals surface area (Å²) in [6.07, 6.45) is -1.08. The molecule has 0 aromatic carbocycles. The molecule has 20 heavy (non-hydrogen) atoms. The van der Waals surface area contributed by atoms with Gasteiger partial charge in [-0.25, -0.2) is 4.79 Å². The molecule has 118 valence electrons. The Balaban J connectivity index is 2.69. The van der Waals surface area contributed by atoms with Gasteiger partial charge in [0.25, 0.3) is 0 Å². The van der Waals surface area contributed by atoms with Crippen LogP contribution in [0.4, 0.5) is 4.79 Å². The maximum absolute atomic E-state index is 11.7. The molecule has 1 N–H and O–H groups in total. The zero-order chi connectivity index (χ0) is 15.1. The van der Waals surface area contributed by atoms with Crippen molar-refractivity contribution >= 4 is 6.09 Å². The van der Waals surface area contributed by atoms with E-state index in [9.17, 15) is 4.79 Å². The molecule has 0 unspecified atom stereocenters. The summed E-state index contributed by atoms with van der Waals surface area (Å²) >= 11 is 0. The second-order valence-electron chi connectivity index (χ2n) is 5.17. The van der Waals surface area contributed by atoms with E-state index in [1.165, 1.54) is 0 Å². The molecule has 6 heteroatoms. The second-order valence-corrected chi connectivity index (χ2v) is 5.17. The summed E-state index contributed by atoms with van der Waals surface area (Å²) in [5, 5.41) is 2.68. The molecule has 1 aliphatic rings. The van der Waals surface area contributed by atoms with E-state index in [4.69, 9.17) is 18.9 Å². The molecular weight excluding hydrogens is 262 g/mol. The van der Waals surface area contributed by atoms with Gasteiger partial charge in [0.05, 0.1) is 12.2 Å². The van der Waals surface area contributed by atoms with E-state index in [1.54, 1.807) is 0 Å². The number of alkyl carbamates (subject to hydrolysis) is 1. The SMILES string of the molecule is CCO[C@H]1[C@H](OC(=O)NC(C)C)O[C@@H](C)C[C@H]1OCC. The van der Waals surface area contributed by atoms with Crippen LogP contribution in [0.2, 0.25) is 0 Å². The minimum Gasteiger partial charge on any atom is -0.417 e. The lowest BCUT2D eigenvalue weighted by Crippen LogP contribution is -2.53. The number of nitrogens with one attached hydrogen (secondary N) is 1. The quantitative estimate of drug-likeness (QED) is 0.811. The van der Waals surface area contributed by atoms with E-state index in [0.29, 0.717) is 13.2 Å². The second kappa shape index (κ2) is 8.44. The maximum atomic E-state index is 11.7. The molecule has 6 nitrogen and oxygen atoms in total. The molecule has 0 bridgehead atoms. The molecule has 0 aromatic rings. The average molecular weight is 289 g/mol. The van der Waals surface area contributed by atoms with Gasteiger partial charge >= 0.3 is 6.09 Å². The molecule has 1 heterocycles. The highest BCUT2D eigenvalue weighted by molar-refractivity contribution is 5.67. The molecule has 0 saturated carbocycles. The van der Waals surface area contributed by atoms with Gasteiger partial charge in [0.1, 0.15) is 6.10 Å². The molecule has 0 aliphatic carbocycles. The first-order valence-corrected chi connectivity index (χ1v) is 7.33. The zero-order valence-electron chi connectivity index (χ0n) is 13.0. The lowest BCUT2D eigenvalue weighted by atomic mass is 10.0. The van der Waals surface area contributed by atoms with Crippen molar-refractivity contribution in [3.63, 3.8) is 0 Å². The minimum absolute atomic E-state index is 0.0109. The van der Waals surface area contributed by atoms with E-state index in [2.05, 4.69) is 5.32 Å². The molecule has 1 fully saturated rings. The molecular formula is C14H27NO5. The van der Waals surface area contributed by atoms with Crippen molar-refractivity contribution in [3.05, 3.63) is 0 Å². The standard InChI is InChI=1S/C14H27NO5/c1-6-17-11-8-10(5)19-13(12(11)18-7-2)20-14(16)15-9(3)4/h9-13H,6-8H2,1-5H3,(H,15,16)/t10-,11+,12+,13-/m0/s1. The number of hydrogen-bond donors (Lipinski definition) is 1. The van der Waals surface area contributed by atoms with Gasteiger partial charge in [0.2, 0.25) is 6.29 Å². The highest BCUT2D eigenvalue weighted by Gasteiger charge is 2.41. The summed E-state index contributed by atoms with van der Waals surface area (Å²) in [4.78, 5) is 11.7. The molecule has 0 radical (unpaired) electrons. The highest BCUT2D eigenvalue weighted by atomic mass is 16.7. The van der Waals surface area contributed by atoms with Gasteiger partial charge in [0, 0.05) is 25.7 Å². The molecule has 1 aliphatic heterocycles. The van der Waals surface area contributed by atoms with Gasteiger partial charge in [-0.1, -0.05) is 0 Å². The van der Waals surface area contributed by atoms with Gasteiger partial charge in [-0.15, -0.1) is 0 Å². The number of rotatable bonds is 6. The van der Waals surface area contributed by atoms with Gasteiger partial charge in [-0.2, -0.15) is 0 Å². The van der Waals surface area contributed by atoms with Gasteiger partial charge in [-0.05, 0) is 34.6 Å². The van der Waals surface area contributed by atoms with Crippen LogP contribution in [-0.4, -0.2) is 50.0 Å². The van der Waals surface area contributed by atoms with Crippen LogP contribution in [0.1, 0.15) is 41.0 Å². The molecule has 1 rings (SSSR count). The Labute approximate surface area is 121 Å². The van der Waals surface area contributed by atoms with Crippen molar-refractivity contribution < 1.29 is 23.7 Å². The fourth-order valence-electron chi connectivity index (χ4n) is 2.22. The van der Waals surface area contributed by atoms with Crippen molar-refractivity contribution in [2.75, 3.05) is 13.2 Å². The molecule has 0 aromatic heterocycles. The lowest BCUT2D eigenvalue weighted by Gasteiger charge is -2.39. The van der Waals surface area contributed by atoms with Crippen LogP contribution in [-0.2, 0) is 18.9 Å². The average Bonchev–Trinajstić information content (AvgIpc) is 2.32. The van der Waals surface area contributed by atoms with E-state index < -0.39 is 18.5 Å². The van der Waals surface area contributed by atoms with E-state index in [1.807, 2.05) is 34.6 Å². The van der Waals surface area contributed by atoms with Crippen LogP contribution >= 0.6 is 0 Å². The summed E-state index contributed by atoms with van der Waals surface area (Å²) in [5.41, 5.74) is 0. The third-order valence-corrected chi connectivity index (χ3v) is 2.93. The van der Waals surface area contributed by atoms with Crippen LogP contribution in [0.25, 0.3) is 0 Å². The topological polar surface area (TPSA) is 66.0 Å². The van der Waals surface area contributed by atoms with Crippen molar-refractivity contribution in [2.45, 2.75) is 71.7 Å². The van der Waals surface area contributed by atoms with Crippen LogP contribution in [0.15, 0.2) is 0 Å². The van der Waals surface area contributed by atoms with Gasteiger partial charge in [-0.3, -0.25) is 0 Å². The number of amides is 1. The third kappa shape index (κ3) is 5.26. The third-order valence-electron chi connectivity index (χ3n) is 2.93. The number of hydrogen-bond acceptors (Lipinski definition) is 5. The Kier molecular flexibility index (Phi) is 7.26. The molecule has 4 atom stereocenters. The van der Waals surface area contributed by atoms with Crippen LogP contribution in [0, 0.1) is 0 Å². The lowest BCUT2D eigenvalue weighted by molar-refractivity contribution is -0.260. The normalized spacial score (nSPS) is 30.3. The fourth-order valence-corrected chi connectivity index (χ4v) is 2.22. The number of carbonyl (C=O) groups is 1. The van der Waals surface area contributed by atoms with Crippen molar-refractivity contribution in [1.29, 1.82) is 0 Å². The Morgan fingerprint density at radius 2 is 1.95 bits per heavy atom. The number of carbonyl (C=O) groups excluding carboxylic acids is 1. The predicted molar refractivity (Wildman–Crippen MR) is 74.5 cm³/mol. The summed E-state index contributed by atoms with van der Waals surface area (Å²) in [7, 11) is 0. The summed E-state index contributed by atoms with van der Waals surface area (Å²) in [6.45, 7) is 10.6. The Morgan fingerprint density at radius 1 is 1.30 bits per heavy atom. The minimum atomic E-state index is -0.742. The summed E-state index contributed by atoms with van der Waals surface area (Å²) in [6, 6.07) is 0.0109. The summed E-state index contributed by atoms with van der Waals surface area (Å²) < 4.78 is 22.4. The van der Waals surface area contributed by atoms with Crippen LogP contribution in [0.3, 0.4) is 0 Å². The van der Waals surface area contributed by atoms with Gasteiger partial charge in [0.15, 0.2) is 0 Å². The molecule has 0 spiro atoms. The summed E-state index contributed by atoms with van der Waals surface area (Å²) in [5.74, 6) is 0. The monoisotopic (exact) mass is 289 g/mol. The van der Waals surface area contributed by atoms with Crippen LogP contribution < -0.4 is 5.32 Å². The Hall–Kier alpha value is -0.850. The maximum Gasteiger partial charge on any atom is 0.409 e. The first-order valence-electron chi connectivity index (χ1n) is 7.33. The molecule has 1 saturated heterocycles. The first kappa shape index (κ1) is 17.2. The zero-order valence-corrected chi connectivity index (χ0v) is 13.0. The van der Waals surface area contributed by atoms with E-state index in [0.717, 1.165) is 6.42 Å². The van der Waals surface area contributed by atoms with Crippen LogP contribution in [0.5, 0.6) is 0 Å². The van der Waals surface area contributed by atoms with Crippen molar-refractivity contribution in [3.8, 4) is 0 Å². The predicted octanol–water partition coefficient (Wildman–Crippen LogP) is 2.07. The molecule has 1 amide bonds. The fraction of sp³-hybridized carbons (Fsp3) is 0.929.